The first-order valence-electron chi connectivity index (χ1n) is 22.6. The number of Topliss-reactive ketones (excluding diaryl/α,β-unsaturated/α-hetero) is 1. The van der Waals surface area contributed by atoms with E-state index in [4.69, 9.17) is 39.5 Å². The van der Waals surface area contributed by atoms with Crippen LogP contribution in [0.2, 0.25) is 15.1 Å². The summed E-state index contributed by atoms with van der Waals surface area (Å²) in [6.45, 7) is 6.42. The Morgan fingerprint density at radius 1 is 0.848 bits per heavy atom. The molecule has 4 N–H and O–H groups in total. The van der Waals surface area contributed by atoms with Crippen molar-refractivity contribution in [3.8, 4) is 11.1 Å². The van der Waals surface area contributed by atoms with E-state index in [1.807, 2.05) is 55.1 Å². The number of likely N-dealkylation sites (tertiary alicyclic amines) is 1. The molecule has 3 fully saturated rings. The van der Waals surface area contributed by atoms with E-state index < -0.39 is 12.1 Å². The Labute approximate surface area is 405 Å². The van der Waals surface area contributed by atoms with Gasteiger partial charge in [-0.05, 0) is 108 Å². The van der Waals surface area contributed by atoms with Gasteiger partial charge in [0.15, 0.2) is 5.78 Å². The maximum atomic E-state index is 14.8. The Kier molecular flexibility index (Phi) is 15.5. The van der Waals surface area contributed by atoms with Gasteiger partial charge in [-0.1, -0.05) is 115 Å². The van der Waals surface area contributed by atoms with E-state index >= 15 is 0 Å². The van der Waals surface area contributed by atoms with Gasteiger partial charge >= 0.3 is 6.09 Å². The Bertz CT molecular complexity index is 2460. The number of piperidine rings is 1. The van der Waals surface area contributed by atoms with Crippen molar-refractivity contribution in [1.29, 1.82) is 0 Å². The Balaban J connectivity index is 0.942. The van der Waals surface area contributed by atoms with E-state index in [0.717, 1.165) is 58.7 Å². The lowest BCUT2D eigenvalue weighted by atomic mass is 9.93. The second-order valence-electron chi connectivity index (χ2n) is 17.4. The summed E-state index contributed by atoms with van der Waals surface area (Å²) in [7, 11) is 0. The number of fused-ring (bicyclic) bond motifs is 4. The van der Waals surface area contributed by atoms with Crippen LogP contribution in [0.4, 0.5) is 4.79 Å². The van der Waals surface area contributed by atoms with Gasteiger partial charge in [0.1, 0.15) is 12.6 Å². The number of nitrogens with one attached hydrogen (secondary N) is 4. The third-order valence-corrected chi connectivity index (χ3v) is 15.4. The molecule has 14 heteroatoms. The van der Waals surface area contributed by atoms with Crippen molar-refractivity contribution < 1.29 is 23.9 Å². The van der Waals surface area contributed by atoms with Gasteiger partial charge in [-0.15, -0.1) is 0 Å². The lowest BCUT2D eigenvalue weighted by Gasteiger charge is -2.33. The number of halogens is 3. The van der Waals surface area contributed by atoms with Crippen LogP contribution >= 0.6 is 46.6 Å². The van der Waals surface area contributed by atoms with E-state index in [2.05, 4.69) is 52.1 Å². The molecule has 0 spiro atoms. The molecule has 3 unspecified atom stereocenters. The van der Waals surface area contributed by atoms with Gasteiger partial charge in [-0.3, -0.25) is 14.4 Å². The maximum absolute atomic E-state index is 14.8. The normalized spacial score (nSPS) is 20.4. The summed E-state index contributed by atoms with van der Waals surface area (Å²) < 4.78 is 5.93. The summed E-state index contributed by atoms with van der Waals surface area (Å²) in [6.07, 6.45) is 7.40. The lowest BCUT2D eigenvalue weighted by Crippen LogP contribution is -2.52. The van der Waals surface area contributed by atoms with Crippen LogP contribution in [0.5, 0.6) is 0 Å². The first-order valence-corrected chi connectivity index (χ1v) is 24.8. The molecule has 0 saturated carbocycles. The fourth-order valence-corrected chi connectivity index (χ4v) is 11.4. The second kappa shape index (κ2) is 21.6. The minimum absolute atomic E-state index is 0.00108. The van der Waals surface area contributed by atoms with E-state index in [1.54, 1.807) is 41.3 Å². The smallest absolute Gasteiger partial charge is 0.407 e. The van der Waals surface area contributed by atoms with Gasteiger partial charge in [0, 0.05) is 59.1 Å². The number of ether oxygens (including phenoxy) is 1. The molecule has 3 aliphatic heterocycles. The van der Waals surface area contributed by atoms with Crippen molar-refractivity contribution in [2.75, 3.05) is 32.0 Å². The summed E-state index contributed by atoms with van der Waals surface area (Å²) >= 11 is 21.0. The number of hydrogen-bond acceptors (Lipinski definition) is 8. The van der Waals surface area contributed by atoms with Gasteiger partial charge in [0.05, 0.1) is 27.9 Å². The first kappa shape index (κ1) is 47.3. The molecule has 344 valence electrons. The number of alkyl carbamates (subject to hydrolysis) is 1. The summed E-state index contributed by atoms with van der Waals surface area (Å²) in [5, 5.41) is 14.6. The number of ketones is 1. The van der Waals surface area contributed by atoms with Crippen molar-refractivity contribution in [1.82, 2.24) is 26.2 Å². The van der Waals surface area contributed by atoms with Gasteiger partial charge in [0.25, 0.3) is 0 Å². The average molecular weight is 967 g/mol. The highest BCUT2D eigenvalue weighted by Gasteiger charge is 2.40. The van der Waals surface area contributed by atoms with Crippen LogP contribution < -0.4 is 21.3 Å². The number of benzene rings is 4. The minimum Gasteiger partial charge on any atom is -0.449 e. The molecule has 4 aromatic rings. The van der Waals surface area contributed by atoms with Crippen LogP contribution in [0.1, 0.15) is 78.7 Å². The number of hydrogen-bond donors (Lipinski definition) is 4. The molecule has 4 atom stereocenters. The molecule has 3 heterocycles. The van der Waals surface area contributed by atoms with Crippen LogP contribution in [0.15, 0.2) is 108 Å². The predicted molar refractivity (Wildman–Crippen MR) is 267 cm³/mol. The number of rotatable bonds is 16. The molecule has 66 heavy (non-hydrogen) atoms. The highest BCUT2D eigenvalue weighted by atomic mass is 35.5. The third kappa shape index (κ3) is 11.3. The molecule has 0 radical (unpaired) electrons. The molecule has 4 aliphatic rings. The minimum atomic E-state index is -0.986. The quantitative estimate of drug-likeness (QED) is 0.0646. The van der Waals surface area contributed by atoms with E-state index in [9.17, 15) is 19.2 Å². The van der Waals surface area contributed by atoms with Crippen LogP contribution in [-0.4, -0.2) is 84.0 Å². The summed E-state index contributed by atoms with van der Waals surface area (Å²) in [5.41, 5.74) is 7.36. The Morgan fingerprint density at radius 2 is 1.52 bits per heavy atom. The fraction of sp³-hybridized carbons (Fsp3) is 0.346. The molecule has 1 aliphatic carbocycles. The van der Waals surface area contributed by atoms with Crippen molar-refractivity contribution in [3.05, 3.63) is 151 Å². The number of carbonyl (C=O) groups excluding carboxylic acids is 4. The van der Waals surface area contributed by atoms with Crippen LogP contribution in [0.3, 0.4) is 0 Å². The highest BCUT2D eigenvalue weighted by molar-refractivity contribution is 8.00. The lowest BCUT2D eigenvalue weighted by molar-refractivity contribution is -0.133. The zero-order valence-electron chi connectivity index (χ0n) is 36.8. The molecular weight excluding hydrogens is 913 g/mol. The molecule has 10 nitrogen and oxygen atoms in total. The number of aryl methyl sites for hydroxylation is 1. The number of thioether (sulfide) groups is 1. The molecule has 8 rings (SSSR count). The number of amides is 3. The first-order chi connectivity index (χ1) is 31.9. The van der Waals surface area contributed by atoms with Crippen LogP contribution in [0.25, 0.3) is 23.3 Å². The number of unbranched alkanes of at least 4 members (excludes halogenated alkanes) is 2. The molecule has 3 amide bonds. The molecule has 4 aromatic carbocycles. The monoisotopic (exact) mass is 965 g/mol. The predicted octanol–water partition coefficient (Wildman–Crippen LogP) is 10.1. The topological polar surface area (TPSA) is 129 Å². The summed E-state index contributed by atoms with van der Waals surface area (Å²) in [5.74, 6) is 1.20. The van der Waals surface area contributed by atoms with Crippen molar-refractivity contribution in [2.24, 2.45) is 0 Å². The third-order valence-electron chi connectivity index (χ3n) is 12.8. The summed E-state index contributed by atoms with van der Waals surface area (Å²) in [6, 6.07) is 26.7. The molecular formula is C52H54Cl3N5O5S. The van der Waals surface area contributed by atoms with E-state index in [0.29, 0.717) is 80.5 Å². The number of nitrogens with zero attached hydrogens (tertiary/aromatic N) is 1. The average Bonchev–Trinajstić information content (AvgIpc) is 3.97. The SMILES string of the molecule is C=C1NC2CSC(CCCCC(=O)NCCCC[C@H](NC(=O)OCC3c4ccccc4-c4ccccc43)C(=O)N3C/C(=C\c4ccc(C)c(Cl)c4)C(=O)/C(=C/c4ccc(Cl)c(Cl)c4)C3)C2N1. The summed E-state index contributed by atoms with van der Waals surface area (Å²) in [4.78, 5) is 57.1. The number of carbonyl (C=O) groups is 4. The molecule has 0 aromatic heterocycles. The van der Waals surface area contributed by atoms with E-state index in [-0.39, 0.29) is 49.6 Å². The van der Waals surface area contributed by atoms with E-state index in [1.165, 1.54) is 0 Å². The van der Waals surface area contributed by atoms with Gasteiger partial charge in [0.2, 0.25) is 11.8 Å². The fourth-order valence-electron chi connectivity index (χ4n) is 9.33. The zero-order valence-corrected chi connectivity index (χ0v) is 39.9. The molecule has 0 bridgehead atoms. The maximum Gasteiger partial charge on any atom is 0.407 e. The van der Waals surface area contributed by atoms with Gasteiger partial charge in [-0.25, -0.2) is 4.79 Å². The van der Waals surface area contributed by atoms with Crippen molar-refractivity contribution in [2.45, 2.75) is 81.2 Å². The molecule has 3 saturated heterocycles. The van der Waals surface area contributed by atoms with Gasteiger partial charge < -0.3 is 30.9 Å². The Morgan fingerprint density at radius 3 is 2.20 bits per heavy atom. The Hall–Kier alpha value is -5.20. The second-order valence-corrected chi connectivity index (χ2v) is 19.9. The zero-order chi connectivity index (χ0) is 46.3. The van der Waals surface area contributed by atoms with Crippen molar-refractivity contribution >= 4 is 82.4 Å². The van der Waals surface area contributed by atoms with Crippen LogP contribution in [0, 0.1) is 6.92 Å². The standard InChI is InChI=1S/C52H54Cl3N5O5S/c1-31-18-19-33(25-43(31)54)23-35-27-60(28-36(50(35)62)24-34-20-21-42(53)44(55)26-34)51(63)45(59-52(64)65-29-41-39-13-5-3-11-37(39)38-12-4-6-14-40(38)41)15-9-10-22-56-48(61)17-8-7-16-47-49-46(30-66-47)57-32(2)58-49/h3-6,11-14,18-21,23-26,41,45-47,49,57-58H,2,7-10,15-17,22,27-30H2,1H3,(H,56,61)(H,59,64)/b35-23+,36-24+/t45-,46?,47?,49?/m0/s1. The van der Waals surface area contributed by atoms with Crippen molar-refractivity contribution in [3.63, 3.8) is 0 Å². The largest absolute Gasteiger partial charge is 0.449 e. The van der Waals surface area contributed by atoms with Crippen LogP contribution in [-0.2, 0) is 19.1 Å². The van der Waals surface area contributed by atoms with Gasteiger partial charge in [-0.2, -0.15) is 11.8 Å². The highest BCUT2D eigenvalue weighted by Crippen LogP contribution is 2.44.